The van der Waals surface area contributed by atoms with Crippen LogP contribution in [-0.2, 0) is 16.0 Å². The van der Waals surface area contributed by atoms with Crippen molar-refractivity contribution in [3.63, 3.8) is 0 Å². The summed E-state index contributed by atoms with van der Waals surface area (Å²) >= 11 is 0. The van der Waals surface area contributed by atoms with Crippen molar-refractivity contribution >= 4 is 11.9 Å². The number of likely N-dealkylation sites (tertiary alicyclic amines) is 1. The van der Waals surface area contributed by atoms with E-state index in [4.69, 9.17) is 4.52 Å². The average molecular weight is 321 g/mol. The number of carboxylic acid groups (broad SMARTS) is 1. The summed E-state index contributed by atoms with van der Waals surface area (Å²) < 4.78 is 5.24. The summed E-state index contributed by atoms with van der Waals surface area (Å²) in [6.07, 6.45) is 7.47. The molecule has 0 bridgehead atoms. The average Bonchev–Trinajstić information content (AvgIpc) is 3.23. The van der Waals surface area contributed by atoms with E-state index < -0.39 is 12.0 Å². The van der Waals surface area contributed by atoms with Gasteiger partial charge in [0.05, 0.1) is 0 Å². The van der Waals surface area contributed by atoms with Crippen LogP contribution in [0.15, 0.2) is 4.52 Å². The van der Waals surface area contributed by atoms with Crippen molar-refractivity contribution < 1.29 is 19.2 Å². The van der Waals surface area contributed by atoms with Crippen LogP contribution in [0, 0.1) is 0 Å². The Labute approximate surface area is 135 Å². The van der Waals surface area contributed by atoms with Crippen molar-refractivity contribution in [2.75, 3.05) is 6.54 Å². The van der Waals surface area contributed by atoms with Gasteiger partial charge in [-0.15, -0.1) is 0 Å². The van der Waals surface area contributed by atoms with Crippen molar-refractivity contribution in [3.8, 4) is 0 Å². The number of amides is 1. The van der Waals surface area contributed by atoms with E-state index in [1.807, 2.05) is 0 Å². The minimum Gasteiger partial charge on any atom is -0.480 e. The highest BCUT2D eigenvalue weighted by molar-refractivity contribution is 5.83. The summed E-state index contributed by atoms with van der Waals surface area (Å²) in [7, 11) is 0. The second-order valence-corrected chi connectivity index (χ2v) is 6.46. The second kappa shape index (κ2) is 7.10. The highest BCUT2D eigenvalue weighted by Gasteiger charge is 2.31. The lowest BCUT2D eigenvalue weighted by Gasteiger charge is -2.32. The standard InChI is InChI=1S/C16H23N3O4/c20-14(19-10-4-3-7-12(19)16(21)22)9-8-13-17-15(18-23-13)11-5-1-2-6-11/h11-12H,1-10H2,(H,21,22)/t12-/m1/s1. The molecule has 0 unspecified atom stereocenters. The molecule has 1 N–H and O–H groups in total. The van der Waals surface area contributed by atoms with E-state index in [-0.39, 0.29) is 12.3 Å². The fraction of sp³-hybridized carbons (Fsp3) is 0.750. The maximum atomic E-state index is 12.3. The van der Waals surface area contributed by atoms with Crippen LogP contribution in [-0.4, -0.2) is 44.6 Å². The number of carbonyl (C=O) groups excluding carboxylic acids is 1. The molecule has 23 heavy (non-hydrogen) atoms. The first-order valence-electron chi connectivity index (χ1n) is 8.50. The van der Waals surface area contributed by atoms with Gasteiger partial charge >= 0.3 is 5.97 Å². The molecule has 1 atom stereocenters. The van der Waals surface area contributed by atoms with E-state index in [1.165, 1.54) is 17.7 Å². The molecule has 2 heterocycles. The van der Waals surface area contributed by atoms with Crippen LogP contribution in [0.2, 0.25) is 0 Å². The SMILES string of the molecule is O=C(O)[C@H]1CCCCN1C(=O)CCc1nc(C2CCCC2)no1. The molecule has 1 aromatic heterocycles. The van der Waals surface area contributed by atoms with Crippen molar-refractivity contribution in [2.45, 2.75) is 69.7 Å². The number of hydrogen-bond acceptors (Lipinski definition) is 5. The van der Waals surface area contributed by atoms with Gasteiger partial charge in [0.2, 0.25) is 11.8 Å². The zero-order chi connectivity index (χ0) is 16.2. The van der Waals surface area contributed by atoms with Crippen LogP contribution in [0.25, 0.3) is 0 Å². The molecule has 0 spiro atoms. The predicted molar refractivity (Wildman–Crippen MR) is 80.8 cm³/mol. The third-order valence-corrected chi connectivity index (χ3v) is 4.87. The molecule has 1 aromatic rings. The van der Waals surface area contributed by atoms with Gasteiger partial charge in [-0.25, -0.2) is 4.79 Å². The van der Waals surface area contributed by atoms with E-state index in [0.29, 0.717) is 31.2 Å². The summed E-state index contributed by atoms with van der Waals surface area (Å²) in [4.78, 5) is 29.5. The predicted octanol–water partition coefficient (Wildman–Crippen LogP) is 2.13. The highest BCUT2D eigenvalue weighted by atomic mass is 16.5. The number of aliphatic carboxylic acids is 1. The molecule has 0 radical (unpaired) electrons. The Bertz CT molecular complexity index is 565. The maximum absolute atomic E-state index is 12.3. The van der Waals surface area contributed by atoms with Crippen molar-refractivity contribution in [1.29, 1.82) is 0 Å². The van der Waals surface area contributed by atoms with Gasteiger partial charge in [0.1, 0.15) is 6.04 Å². The lowest BCUT2D eigenvalue weighted by Crippen LogP contribution is -2.48. The van der Waals surface area contributed by atoms with Gasteiger partial charge in [0.25, 0.3) is 0 Å². The molecule has 2 aliphatic rings. The molecule has 7 heteroatoms. The van der Waals surface area contributed by atoms with Crippen LogP contribution in [0.1, 0.15) is 69.0 Å². The van der Waals surface area contributed by atoms with Gasteiger partial charge in [0, 0.05) is 25.3 Å². The number of rotatable bonds is 5. The zero-order valence-corrected chi connectivity index (χ0v) is 13.2. The molecular weight excluding hydrogens is 298 g/mol. The number of piperidine rings is 1. The number of carboxylic acids is 1. The van der Waals surface area contributed by atoms with E-state index >= 15 is 0 Å². The molecule has 0 aromatic carbocycles. The Balaban J connectivity index is 1.54. The largest absolute Gasteiger partial charge is 0.480 e. The van der Waals surface area contributed by atoms with Crippen LogP contribution in [0.5, 0.6) is 0 Å². The Kier molecular flexibility index (Phi) is 4.93. The topological polar surface area (TPSA) is 96.5 Å². The van der Waals surface area contributed by atoms with Crippen molar-refractivity contribution in [1.82, 2.24) is 15.0 Å². The normalized spacial score (nSPS) is 22.4. The summed E-state index contributed by atoms with van der Waals surface area (Å²) in [5.74, 6) is 0.564. The molecule has 126 valence electrons. The van der Waals surface area contributed by atoms with E-state index in [1.54, 1.807) is 0 Å². The summed E-state index contributed by atoms with van der Waals surface area (Å²) in [5.41, 5.74) is 0. The molecule has 1 saturated heterocycles. The van der Waals surface area contributed by atoms with Gasteiger partial charge in [0.15, 0.2) is 5.82 Å². The fourth-order valence-corrected chi connectivity index (χ4v) is 3.56. The van der Waals surface area contributed by atoms with Crippen molar-refractivity contribution in [3.05, 3.63) is 11.7 Å². The zero-order valence-electron chi connectivity index (χ0n) is 13.2. The molecular formula is C16H23N3O4. The number of aromatic nitrogens is 2. The number of carbonyl (C=O) groups is 2. The number of hydrogen-bond donors (Lipinski definition) is 1. The summed E-state index contributed by atoms with van der Waals surface area (Å²) in [6.45, 7) is 0.521. The molecule has 3 rings (SSSR count). The summed E-state index contributed by atoms with van der Waals surface area (Å²) in [5, 5.41) is 13.3. The highest BCUT2D eigenvalue weighted by Crippen LogP contribution is 2.32. The van der Waals surface area contributed by atoms with E-state index in [9.17, 15) is 14.7 Å². The van der Waals surface area contributed by atoms with Crippen molar-refractivity contribution in [2.24, 2.45) is 0 Å². The van der Waals surface area contributed by atoms with Gasteiger partial charge in [-0.3, -0.25) is 4.79 Å². The lowest BCUT2D eigenvalue weighted by molar-refractivity contribution is -0.152. The molecule has 1 aliphatic heterocycles. The molecule has 2 fully saturated rings. The molecule has 1 aliphatic carbocycles. The monoisotopic (exact) mass is 321 g/mol. The quantitative estimate of drug-likeness (QED) is 0.892. The van der Waals surface area contributed by atoms with Crippen LogP contribution >= 0.6 is 0 Å². The lowest BCUT2D eigenvalue weighted by atomic mass is 10.0. The molecule has 1 amide bonds. The fourth-order valence-electron chi connectivity index (χ4n) is 3.56. The van der Waals surface area contributed by atoms with Gasteiger partial charge in [-0.2, -0.15) is 4.98 Å². The second-order valence-electron chi connectivity index (χ2n) is 6.46. The van der Waals surface area contributed by atoms with Crippen LogP contribution in [0.3, 0.4) is 0 Å². The molecule has 1 saturated carbocycles. The number of aryl methyl sites for hydroxylation is 1. The Morgan fingerprint density at radius 1 is 1.17 bits per heavy atom. The van der Waals surface area contributed by atoms with Crippen LogP contribution < -0.4 is 0 Å². The van der Waals surface area contributed by atoms with Gasteiger partial charge in [-0.05, 0) is 32.1 Å². The first-order valence-corrected chi connectivity index (χ1v) is 8.50. The maximum Gasteiger partial charge on any atom is 0.326 e. The van der Waals surface area contributed by atoms with E-state index in [0.717, 1.165) is 31.5 Å². The van der Waals surface area contributed by atoms with Gasteiger partial charge in [-0.1, -0.05) is 18.0 Å². The first kappa shape index (κ1) is 16.0. The number of nitrogens with zero attached hydrogens (tertiary/aromatic N) is 3. The Morgan fingerprint density at radius 2 is 1.91 bits per heavy atom. The Hall–Kier alpha value is -1.92. The Morgan fingerprint density at radius 3 is 2.65 bits per heavy atom. The minimum atomic E-state index is -0.917. The molecule has 7 nitrogen and oxygen atoms in total. The van der Waals surface area contributed by atoms with Gasteiger partial charge < -0.3 is 14.5 Å². The smallest absolute Gasteiger partial charge is 0.326 e. The minimum absolute atomic E-state index is 0.141. The van der Waals surface area contributed by atoms with E-state index in [2.05, 4.69) is 10.1 Å². The summed E-state index contributed by atoms with van der Waals surface area (Å²) in [6, 6.07) is -0.687. The third-order valence-electron chi connectivity index (χ3n) is 4.87. The van der Waals surface area contributed by atoms with Crippen LogP contribution in [0.4, 0.5) is 0 Å². The third kappa shape index (κ3) is 3.71. The first-order chi connectivity index (χ1) is 11.1.